The highest BCUT2D eigenvalue weighted by Gasteiger charge is 2.17. The monoisotopic (exact) mass is 216 g/mol. The summed E-state index contributed by atoms with van der Waals surface area (Å²) in [6, 6.07) is 3.17. The lowest BCUT2D eigenvalue weighted by Crippen LogP contribution is -2.01. The number of aryl methyl sites for hydroxylation is 1. The molecule has 5 heteroatoms. The highest BCUT2D eigenvalue weighted by Crippen LogP contribution is 2.25. The summed E-state index contributed by atoms with van der Waals surface area (Å²) < 4.78 is 25.0. The average Bonchev–Trinajstić information content (AvgIpc) is 2.16. The Bertz CT molecular complexity index is 385. The van der Waals surface area contributed by atoms with E-state index in [0.29, 0.717) is 11.1 Å². The van der Waals surface area contributed by atoms with Gasteiger partial charge in [-0.15, -0.1) is 11.6 Å². The van der Waals surface area contributed by atoms with Crippen LogP contribution in [0.15, 0.2) is 6.07 Å². The lowest BCUT2D eigenvalue weighted by atomic mass is 10.1. The molecule has 1 heterocycles. The summed E-state index contributed by atoms with van der Waals surface area (Å²) in [5.74, 6) is -0.0236. The van der Waals surface area contributed by atoms with Gasteiger partial charge in [0.15, 0.2) is 0 Å². The molecule has 0 fully saturated rings. The van der Waals surface area contributed by atoms with Gasteiger partial charge in [0.25, 0.3) is 6.43 Å². The van der Waals surface area contributed by atoms with E-state index in [9.17, 15) is 8.78 Å². The predicted octanol–water partition coefficient (Wildman–Crippen LogP) is 2.94. The van der Waals surface area contributed by atoms with Crippen LogP contribution in [0, 0.1) is 18.3 Å². The van der Waals surface area contributed by atoms with Crippen LogP contribution in [0.2, 0.25) is 0 Å². The Morgan fingerprint density at radius 1 is 1.64 bits per heavy atom. The van der Waals surface area contributed by atoms with Gasteiger partial charge in [-0.3, -0.25) is 0 Å². The van der Waals surface area contributed by atoms with Crippen LogP contribution in [0.5, 0.6) is 0 Å². The minimum Gasteiger partial charge on any atom is -0.236 e. The van der Waals surface area contributed by atoms with Crippen LogP contribution < -0.4 is 0 Å². The molecule has 0 bridgehead atoms. The molecule has 1 aromatic heterocycles. The number of aromatic nitrogens is 1. The van der Waals surface area contributed by atoms with Gasteiger partial charge in [0.1, 0.15) is 17.5 Å². The molecule has 0 unspecified atom stereocenters. The van der Waals surface area contributed by atoms with Crippen LogP contribution in [0.1, 0.15) is 28.9 Å². The molecule has 0 aliphatic carbocycles. The quantitative estimate of drug-likeness (QED) is 0.713. The molecule has 0 N–H and O–H groups in total. The van der Waals surface area contributed by atoms with E-state index in [1.165, 1.54) is 6.07 Å². The average molecular weight is 217 g/mol. The number of hydrogen-bond donors (Lipinski definition) is 0. The third kappa shape index (κ3) is 1.99. The van der Waals surface area contributed by atoms with Crippen LogP contribution in [-0.4, -0.2) is 4.98 Å². The van der Waals surface area contributed by atoms with Crippen molar-refractivity contribution in [1.82, 2.24) is 4.98 Å². The second-order valence-electron chi connectivity index (χ2n) is 2.73. The van der Waals surface area contributed by atoms with Gasteiger partial charge in [0.2, 0.25) is 0 Å². The lowest BCUT2D eigenvalue weighted by Gasteiger charge is -2.08. The molecule has 0 aromatic carbocycles. The fourth-order valence-corrected chi connectivity index (χ4v) is 1.48. The molecule has 0 radical (unpaired) electrons. The summed E-state index contributed by atoms with van der Waals surface area (Å²) in [7, 11) is 0. The summed E-state index contributed by atoms with van der Waals surface area (Å²) in [5.41, 5.74) is 0.478. The van der Waals surface area contributed by atoms with Crippen molar-refractivity contribution < 1.29 is 8.78 Å². The molecule has 0 saturated heterocycles. The Morgan fingerprint density at radius 3 is 2.71 bits per heavy atom. The Morgan fingerprint density at radius 2 is 2.29 bits per heavy atom. The molecule has 0 saturated carbocycles. The van der Waals surface area contributed by atoms with Crippen LogP contribution in [0.4, 0.5) is 8.78 Å². The first kappa shape index (κ1) is 10.9. The summed E-state index contributed by atoms with van der Waals surface area (Å²) in [6.45, 7) is 1.63. The molecule has 74 valence electrons. The lowest BCUT2D eigenvalue weighted by molar-refractivity contribution is 0.145. The number of alkyl halides is 3. The van der Waals surface area contributed by atoms with E-state index in [1.54, 1.807) is 13.0 Å². The topological polar surface area (TPSA) is 36.7 Å². The van der Waals surface area contributed by atoms with Crippen molar-refractivity contribution in [2.24, 2.45) is 0 Å². The normalized spacial score (nSPS) is 10.3. The van der Waals surface area contributed by atoms with Gasteiger partial charge >= 0.3 is 0 Å². The van der Waals surface area contributed by atoms with Gasteiger partial charge in [-0.2, -0.15) is 5.26 Å². The molecule has 0 amide bonds. The van der Waals surface area contributed by atoms with Crippen molar-refractivity contribution in [2.45, 2.75) is 19.2 Å². The minimum atomic E-state index is -2.70. The number of hydrogen-bond acceptors (Lipinski definition) is 2. The highest BCUT2D eigenvalue weighted by atomic mass is 35.5. The molecular formula is C9H7ClF2N2. The largest absolute Gasteiger partial charge is 0.280 e. The SMILES string of the molecule is Cc1cc(C#N)nc(C(F)F)c1CCl. The number of pyridine rings is 1. The fourth-order valence-electron chi connectivity index (χ4n) is 1.14. The molecule has 2 nitrogen and oxygen atoms in total. The maximum atomic E-state index is 12.5. The minimum absolute atomic E-state index is 0.00772. The van der Waals surface area contributed by atoms with Crippen molar-refractivity contribution in [3.05, 3.63) is 28.6 Å². The van der Waals surface area contributed by atoms with E-state index in [2.05, 4.69) is 4.98 Å². The van der Waals surface area contributed by atoms with E-state index in [-0.39, 0.29) is 11.6 Å². The number of rotatable bonds is 2. The van der Waals surface area contributed by atoms with Gasteiger partial charge in [0, 0.05) is 5.88 Å². The third-order valence-electron chi connectivity index (χ3n) is 1.83. The van der Waals surface area contributed by atoms with Crippen LogP contribution in [0.25, 0.3) is 0 Å². The van der Waals surface area contributed by atoms with Crippen LogP contribution in [0.3, 0.4) is 0 Å². The van der Waals surface area contributed by atoms with Crippen molar-refractivity contribution in [2.75, 3.05) is 0 Å². The Hall–Kier alpha value is -1.21. The summed E-state index contributed by atoms with van der Waals surface area (Å²) in [5, 5.41) is 8.54. The van der Waals surface area contributed by atoms with Gasteiger partial charge in [-0.1, -0.05) is 0 Å². The van der Waals surface area contributed by atoms with Gasteiger partial charge in [-0.05, 0) is 24.1 Å². The summed E-state index contributed by atoms with van der Waals surface area (Å²) in [6.07, 6.45) is -2.70. The van der Waals surface area contributed by atoms with Crippen molar-refractivity contribution >= 4 is 11.6 Å². The van der Waals surface area contributed by atoms with Gasteiger partial charge in [-0.25, -0.2) is 13.8 Å². The molecule has 0 aliphatic heterocycles. The zero-order chi connectivity index (χ0) is 10.7. The standard InChI is InChI=1S/C9H7ClF2N2/c1-5-2-6(4-13)14-8(9(11)12)7(5)3-10/h2,9H,3H2,1H3. The predicted molar refractivity (Wildman–Crippen MR) is 48.2 cm³/mol. The second kappa shape index (κ2) is 4.34. The number of nitriles is 1. The van der Waals surface area contributed by atoms with Crippen LogP contribution >= 0.6 is 11.6 Å². The van der Waals surface area contributed by atoms with E-state index in [0.717, 1.165) is 0 Å². The zero-order valence-electron chi connectivity index (χ0n) is 7.39. The molecule has 0 atom stereocenters. The van der Waals surface area contributed by atoms with E-state index in [4.69, 9.17) is 16.9 Å². The van der Waals surface area contributed by atoms with E-state index < -0.39 is 12.1 Å². The zero-order valence-corrected chi connectivity index (χ0v) is 8.15. The second-order valence-corrected chi connectivity index (χ2v) is 3.00. The van der Waals surface area contributed by atoms with Crippen molar-refractivity contribution in [3.63, 3.8) is 0 Å². The fraction of sp³-hybridized carbons (Fsp3) is 0.333. The first-order valence-electron chi connectivity index (χ1n) is 3.84. The molecule has 0 aliphatic rings. The molecule has 14 heavy (non-hydrogen) atoms. The van der Waals surface area contributed by atoms with Gasteiger partial charge in [0.05, 0.1) is 0 Å². The molecular weight excluding hydrogens is 210 g/mol. The maximum Gasteiger partial charge on any atom is 0.280 e. The van der Waals surface area contributed by atoms with Gasteiger partial charge < -0.3 is 0 Å². The molecule has 1 rings (SSSR count). The smallest absolute Gasteiger partial charge is 0.236 e. The van der Waals surface area contributed by atoms with Crippen molar-refractivity contribution in [3.8, 4) is 6.07 Å². The van der Waals surface area contributed by atoms with E-state index >= 15 is 0 Å². The first-order valence-corrected chi connectivity index (χ1v) is 4.38. The number of nitrogens with zero attached hydrogens (tertiary/aromatic N) is 2. The summed E-state index contributed by atoms with van der Waals surface area (Å²) >= 11 is 5.52. The number of halogens is 3. The third-order valence-corrected chi connectivity index (χ3v) is 2.10. The Labute approximate surface area is 85.1 Å². The van der Waals surface area contributed by atoms with Crippen LogP contribution in [-0.2, 0) is 5.88 Å². The summed E-state index contributed by atoms with van der Waals surface area (Å²) in [4.78, 5) is 3.53. The first-order chi connectivity index (χ1) is 6.60. The maximum absolute atomic E-state index is 12.5. The molecule has 0 spiro atoms. The Balaban J connectivity index is 3.37. The molecule has 1 aromatic rings. The highest BCUT2D eigenvalue weighted by molar-refractivity contribution is 6.17. The van der Waals surface area contributed by atoms with E-state index in [1.807, 2.05) is 0 Å². The Kier molecular flexibility index (Phi) is 3.37. The van der Waals surface area contributed by atoms with Crippen molar-refractivity contribution in [1.29, 1.82) is 5.26 Å².